The zero-order chi connectivity index (χ0) is 41.0. The third kappa shape index (κ3) is 8.16. The number of aromatic nitrogens is 6. The number of carbonyl (C=O) groups is 1. The lowest BCUT2D eigenvalue weighted by atomic mass is 10.1. The first-order valence-electron chi connectivity index (χ1n) is 20.4. The van der Waals surface area contributed by atoms with Crippen LogP contribution in [0.5, 0.6) is 11.5 Å². The number of rotatable bonds is 7. The van der Waals surface area contributed by atoms with Crippen molar-refractivity contribution in [3.63, 3.8) is 0 Å². The highest BCUT2D eigenvalue weighted by molar-refractivity contribution is 5.83. The van der Waals surface area contributed by atoms with Gasteiger partial charge in [-0.3, -0.25) is 19.7 Å². The lowest BCUT2D eigenvalue weighted by Crippen LogP contribution is -2.16. The van der Waals surface area contributed by atoms with Crippen molar-refractivity contribution in [3.8, 4) is 11.5 Å². The molecule has 8 heterocycles. The second-order valence-electron chi connectivity index (χ2n) is 15.2. The molecule has 0 bridgehead atoms. The van der Waals surface area contributed by atoms with Gasteiger partial charge >= 0.3 is 0 Å². The summed E-state index contributed by atoms with van der Waals surface area (Å²) in [5.41, 5.74) is 12.7. The van der Waals surface area contributed by atoms with E-state index < -0.39 is 0 Å². The molecular weight excluding hydrogens is 765 g/mol. The van der Waals surface area contributed by atoms with Crippen molar-refractivity contribution in [2.45, 2.75) is 45.6 Å². The number of benzene rings is 4. The highest BCUT2D eigenvalue weighted by Gasteiger charge is 2.26. The summed E-state index contributed by atoms with van der Waals surface area (Å²) in [6.07, 6.45) is 9.70. The molecule has 0 fully saturated rings. The van der Waals surface area contributed by atoms with Crippen LogP contribution in [0.1, 0.15) is 49.6 Å². The second kappa shape index (κ2) is 17.1. The monoisotopic (exact) mass is 806 g/mol. The van der Waals surface area contributed by atoms with Gasteiger partial charge in [-0.2, -0.15) is 0 Å². The molecule has 0 atom stereocenters. The van der Waals surface area contributed by atoms with E-state index in [9.17, 15) is 4.79 Å². The molecule has 8 aromatic rings. The van der Waals surface area contributed by atoms with Crippen molar-refractivity contribution in [1.29, 1.82) is 0 Å². The number of ether oxygens (including phenoxy) is 2. The highest BCUT2D eigenvalue weighted by Crippen LogP contribution is 2.34. The van der Waals surface area contributed by atoms with Crippen LogP contribution >= 0.6 is 0 Å². The lowest BCUT2D eigenvalue weighted by Gasteiger charge is -2.17. The molecule has 3 N–H and O–H groups in total. The van der Waals surface area contributed by atoms with E-state index >= 15 is 0 Å². The normalized spacial score (nSPS) is 14.3. The Labute approximate surface area is 352 Å². The van der Waals surface area contributed by atoms with Crippen LogP contribution in [-0.2, 0) is 45.6 Å². The molecule has 4 aliphatic heterocycles. The summed E-state index contributed by atoms with van der Waals surface area (Å²) in [7, 11) is 0. The maximum absolute atomic E-state index is 10.5. The van der Waals surface area contributed by atoms with Crippen LogP contribution in [0, 0.1) is 0 Å². The Balaban J connectivity index is 0.000000123. The van der Waals surface area contributed by atoms with Crippen molar-refractivity contribution in [2.24, 2.45) is 0 Å². The van der Waals surface area contributed by atoms with E-state index in [0.29, 0.717) is 12.2 Å². The number of hydrogen-bond acceptors (Lipinski definition) is 13. The second-order valence-corrected chi connectivity index (χ2v) is 15.2. The first-order valence-corrected chi connectivity index (χ1v) is 20.4. The average molecular weight is 807 g/mol. The topological polar surface area (TPSA) is 152 Å². The van der Waals surface area contributed by atoms with Gasteiger partial charge in [0, 0.05) is 73.0 Å². The van der Waals surface area contributed by atoms with Crippen LogP contribution in [-0.4, -0.2) is 54.3 Å². The maximum Gasteiger partial charge on any atom is 0.153 e. The number of para-hydroxylation sites is 4. The van der Waals surface area contributed by atoms with E-state index in [1.807, 2.05) is 60.9 Å². The van der Waals surface area contributed by atoms with Crippen LogP contribution in [0.2, 0.25) is 0 Å². The molecule has 0 spiro atoms. The van der Waals surface area contributed by atoms with Gasteiger partial charge in [0.25, 0.3) is 0 Å². The minimum absolute atomic E-state index is 0.667. The number of nitrogens with one attached hydrogen (secondary N) is 3. The predicted octanol–water partition coefficient (Wildman–Crippen LogP) is 8.02. The summed E-state index contributed by atoms with van der Waals surface area (Å²) in [6.45, 7) is 5.57. The molecule has 0 unspecified atom stereocenters. The standard InChI is InChI=1S/C24H21N5O.C15H13N5.C9H8O2/c1-2-7-21-17(4-1)10-19(11-25-21)28-24-20-13-29(14-22(20)26-15-27-24)12-18-6-3-5-16-8-9-30-23(16)18;1-2-4-13-10(3-1)5-11(6-17-13)20-15-12-7-16-8-14(12)18-9-19-15;10-6-8-3-1-2-7-4-5-11-9(7)8/h1-7,10-11,15H,8-9,12-14H2,(H,26,27,28);1-6,9,16H,7-8H2,(H,18,19,20);1-3,6H,4-5H2. The van der Waals surface area contributed by atoms with Gasteiger partial charge < -0.3 is 25.4 Å². The summed E-state index contributed by atoms with van der Waals surface area (Å²) < 4.78 is 11.2. The summed E-state index contributed by atoms with van der Waals surface area (Å²) in [5.74, 6) is 3.56. The molecule has 13 heteroatoms. The fraction of sp³-hybridized carbons (Fsp3) is 0.188. The first kappa shape index (κ1) is 37.9. The molecule has 0 saturated heterocycles. The Hall–Kier alpha value is -7.35. The number of aldehydes is 1. The molecule has 13 nitrogen and oxygen atoms in total. The van der Waals surface area contributed by atoms with Crippen molar-refractivity contribution in [1.82, 2.24) is 40.1 Å². The Morgan fingerprint density at radius 3 is 1.95 bits per heavy atom. The van der Waals surface area contributed by atoms with Crippen LogP contribution in [0.25, 0.3) is 21.8 Å². The van der Waals surface area contributed by atoms with Gasteiger partial charge in [0.1, 0.15) is 35.8 Å². The molecule has 302 valence electrons. The zero-order valence-corrected chi connectivity index (χ0v) is 33.3. The Morgan fingerprint density at radius 2 is 1.25 bits per heavy atom. The Kier molecular flexibility index (Phi) is 10.6. The molecule has 0 amide bonds. The number of nitrogens with zero attached hydrogens (tertiary/aromatic N) is 7. The van der Waals surface area contributed by atoms with Crippen molar-refractivity contribution >= 4 is 51.1 Å². The maximum atomic E-state index is 10.5. The summed E-state index contributed by atoms with van der Waals surface area (Å²) in [5, 5.41) is 12.3. The van der Waals surface area contributed by atoms with Gasteiger partial charge in [-0.15, -0.1) is 0 Å². The number of anilines is 4. The van der Waals surface area contributed by atoms with Crippen LogP contribution in [0.15, 0.2) is 122 Å². The SMILES string of the molecule is O=Cc1cccc2c1OCC2.c1cc2c(c(CN3Cc4ncnc(Nc5cnc6ccccc6c5)c4C3)c1)OCC2.c1ccc2ncc(Nc3ncnc4c3CNC4)cc2c1. The quantitative estimate of drug-likeness (QED) is 0.133. The Morgan fingerprint density at radius 1 is 0.623 bits per heavy atom. The average Bonchev–Trinajstić information content (AvgIpc) is 4.15. The molecule has 0 saturated carbocycles. The Bertz CT molecular complexity index is 2910. The smallest absolute Gasteiger partial charge is 0.153 e. The minimum Gasteiger partial charge on any atom is -0.493 e. The summed E-state index contributed by atoms with van der Waals surface area (Å²) in [4.78, 5) is 39.5. The van der Waals surface area contributed by atoms with Crippen molar-refractivity contribution in [3.05, 3.63) is 167 Å². The fourth-order valence-corrected chi connectivity index (χ4v) is 8.20. The number of hydrogen-bond donors (Lipinski definition) is 3. The first-order chi connectivity index (χ1) is 30.1. The molecule has 4 aromatic carbocycles. The van der Waals surface area contributed by atoms with Gasteiger partial charge in [0.05, 0.1) is 65.0 Å². The molecule has 61 heavy (non-hydrogen) atoms. The fourth-order valence-electron chi connectivity index (χ4n) is 8.20. The highest BCUT2D eigenvalue weighted by atomic mass is 16.5. The van der Waals surface area contributed by atoms with Crippen LogP contribution in [0.3, 0.4) is 0 Å². The van der Waals surface area contributed by atoms with Gasteiger partial charge in [0.2, 0.25) is 0 Å². The zero-order valence-electron chi connectivity index (χ0n) is 33.3. The van der Waals surface area contributed by atoms with Gasteiger partial charge in [-0.25, -0.2) is 19.9 Å². The van der Waals surface area contributed by atoms with Crippen LogP contribution in [0.4, 0.5) is 23.0 Å². The third-order valence-corrected chi connectivity index (χ3v) is 11.2. The van der Waals surface area contributed by atoms with Gasteiger partial charge in [-0.1, -0.05) is 66.7 Å². The van der Waals surface area contributed by atoms with Crippen molar-refractivity contribution < 1.29 is 14.3 Å². The van der Waals surface area contributed by atoms with E-state index in [1.165, 1.54) is 11.1 Å². The molecule has 4 aromatic heterocycles. The number of carbonyl (C=O) groups excluding carboxylic acids is 1. The summed E-state index contributed by atoms with van der Waals surface area (Å²) in [6, 6.07) is 32.5. The molecular formula is C48H42N10O3. The molecule has 12 rings (SSSR count). The molecule has 0 radical (unpaired) electrons. The summed E-state index contributed by atoms with van der Waals surface area (Å²) >= 11 is 0. The van der Waals surface area contributed by atoms with E-state index in [2.05, 4.69) is 93.2 Å². The van der Waals surface area contributed by atoms with E-state index in [1.54, 1.807) is 18.7 Å². The van der Waals surface area contributed by atoms with Gasteiger partial charge in [0.15, 0.2) is 6.29 Å². The number of fused-ring (bicyclic) bond motifs is 6. The van der Waals surface area contributed by atoms with E-state index in [-0.39, 0.29) is 0 Å². The van der Waals surface area contributed by atoms with Gasteiger partial charge in [-0.05, 0) is 41.5 Å². The van der Waals surface area contributed by atoms with Crippen molar-refractivity contribution in [2.75, 3.05) is 23.8 Å². The molecule has 0 aliphatic carbocycles. The van der Waals surface area contributed by atoms with E-state index in [4.69, 9.17) is 9.47 Å². The number of pyridine rings is 2. The van der Waals surface area contributed by atoms with E-state index in [0.717, 1.165) is 143 Å². The van der Waals surface area contributed by atoms with Crippen LogP contribution < -0.4 is 25.4 Å². The largest absolute Gasteiger partial charge is 0.493 e. The lowest BCUT2D eigenvalue weighted by molar-refractivity contribution is 0.112. The predicted molar refractivity (Wildman–Crippen MR) is 234 cm³/mol. The molecule has 4 aliphatic rings. The third-order valence-electron chi connectivity index (χ3n) is 11.2. The minimum atomic E-state index is 0.667.